The van der Waals surface area contributed by atoms with Crippen LogP contribution in [0, 0.1) is 0 Å². The number of aromatic nitrogens is 2. The molecular formula is C21H21N3O3S. The average molecular weight is 395 g/mol. The van der Waals surface area contributed by atoms with Gasteiger partial charge < -0.3 is 4.74 Å². The van der Waals surface area contributed by atoms with Gasteiger partial charge in [-0.15, -0.1) is 0 Å². The largest absolute Gasteiger partial charge is 0.459 e. The Kier molecular flexibility index (Phi) is 5.36. The van der Waals surface area contributed by atoms with Crippen molar-refractivity contribution in [1.82, 2.24) is 14.3 Å². The summed E-state index contributed by atoms with van der Waals surface area (Å²) in [5.41, 5.74) is 2.04. The van der Waals surface area contributed by atoms with Crippen molar-refractivity contribution in [2.45, 2.75) is 23.8 Å². The van der Waals surface area contributed by atoms with Crippen molar-refractivity contribution in [3.63, 3.8) is 0 Å². The van der Waals surface area contributed by atoms with E-state index in [4.69, 9.17) is 4.74 Å². The summed E-state index contributed by atoms with van der Waals surface area (Å²) in [6, 6.07) is 18.9. The van der Waals surface area contributed by atoms with E-state index in [1.165, 1.54) is 4.31 Å². The van der Waals surface area contributed by atoms with Gasteiger partial charge in [0.2, 0.25) is 10.0 Å². The summed E-state index contributed by atoms with van der Waals surface area (Å²) in [6.07, 6.45) is 4.47. The molecular weight excluding hydrogens is 374 g/mol. The van der Waals surface area contributed by atoms with Crippen molar-refractivity contribution in [3.8, 4) is 17.1 Å². The van der Waals surface area contributed by atoms with Gasteiger partial charge in [-0.2, -0.15) is 4.31 Å². The number of hydrogen-bond donors (Lipinski definition) is 0. The molecule has 1 aromatic heterocycles. The van der Waals surface area contributed by atoms with Gasteiger partial charge in [0.25, 0.3) is 0 Å². The van der Waals surface area contributed by atoms with Gasteiger partial charge in [-0.25, -0.2) is 18.4 Å². The smallest absolute Gasteiger partial charge is 0.316 e. The fraction of sp³-hybridized carbons (Fsp3) is 0.238. The van der Waals surface area contributed by atoms with Gasteiger partial charge in [0.05, 0.1) is 11.4 Å². The van der Waals surface area contributed by atoms with Gasteiger partial charge in [0.1, 0.15) is 6.10 Å². The Morgan fingerprint density at radius 2 is 1.57 bits per heavy atom. The molecule has 0 amide bonds. The third-order valence-electron chi connectivity index (χ3n) is 4.75. The van der Waals surface area contributed by atoms with Gasteiger partial charge >= 0.3 is 6.01 Å². The maximum absolute atomic E-state index is 13.1. The molecule has 144 valence electrons. The van der Waals surface area contributed by atoms with Crippen molar-refractivity contribution in [2.75, 3.05) is 13.1 Å². The summed E-state index contributed by atoms with van der Waals surface area (Å²) in [6.45, 7) is 0.777. The van der Waals surface area contributed by atoms with Gasteiger partial charge in [-0.1, -0.05) is 42.5 Å². The quantitative estimate of drug-likeness (QED) is 0.662. The second-order valence-corrected chi connectivity index (χ2v) is 8.60. The van der Waals surface area contributed by atoms with Crippen molar-refractivity contribution in [1.29, 1.82) is 0 Å². The molecule has 28 heavy (non-hydrogen) atoms. The molecule has 7 heteroatoms. The fourth-order valence-electron chi connectivity index (χ4n) is 3.31. The molecule has 0 saturated carbocycles. The van der Waals surface area contributed by atoms with E-state index in [2.05, 4.69) is 9.97 Å². The number of sulfonamides is 1. The van der Waals surface area contributed by atoms with Crippen molar-refractivity contribution < 1.29 is 13.2 Å². The highest BCUT2D eigenvalue weighted by Gasteiger charge is 2.31. The zero-order valence-corrected chi connectivity index (χ0v) is 16.1. The third kappa shape index (κ3) is 4.05. The molecule has 3 aromatic rings. The Bertz CT molecular complexity index is 1010. The number of rotatable bonds is 5. The van der Waals surface area contributed by atoms with Gasteiger partial charge in [-0.3, -0.25) is 0 Å². The van der Waals surface area contributed by atoms with Crippen LogP contribution in [0.15, 0.2) is 78.0 Å². The summed E-state index contributed by atoms with van der Waals surface area (Å²) in [5.74, 6) is 0. The van der Waals surface area contributed by atoms with Crippen molar-refractivity contribution in [3.05, 3.63) is 73.1 Å². The van der Waals surface area contributed by atoms with E-state index < -0.39 is 10.0 Å². The normalized spacial score (nSPS) is 17.9. The van der Waals surface area contributed by atoms with Crippen LogP contribution in [0.25, 0.3) is 11.1 Å². The van der Waals surface area contributed by atoms with Crippen LogP contribution in [0.4, 0.5) is 0 Å². The van der Waals surface area contributed by atoms with Crippen LogP contribution >= 0.6 is 0 Å². The lowest BCUT2D eigenvalue weighted by atomic mass is 10.1. The fourth-order valence-corrected chi connectivity index (χ4v) is 4.82. The molecule has 1 aliphatic heterocycles. The molecule has 2 aromatic carbocycles. The second-order valence-electron chi connectivity index (χ2n) is 6.67. The molecule has 6 nitrogen and oxygen atoms in total. The summed E-state index contributed by atoms with van der Waals surface area (Å²) < 4.78 is 33.4. The number of nitrogens with zero attached hydrogens (tertiary/aromatic N) is 3. The number of ether oxygens (including phenoxy) is 1. The Balaban J connectivity index is 1.49. The van der Waals surface area contributed by atoms with Crippen molar-refractivity contribution in [2.24, 2.45) is 0 Å². The summed E-state index contributed by atoms with van der Waals surface area (Å²) >= 11 is 0. The predicted molar refractivity (Wildman–Crippen MR) is 106 cm³/mol. The molecule has 1 saturated heterocycles. The zero-order chi connectivity index (χ0) is 19.4. The molecule has 1 aliphatic rings. The SMILES string of the molecule is O=S(=O)(c1ccc(-c2ccccc2)cc1)N1CCCC(Oc2ncccn2)C1. The van der Waals surface area contributed by atoms with E-state index in [1.54, 1.807) is 30.6 Å². The number of hydrogen-bond acceptors (Lipinski definition) is 5. The molecule has 4 rings (SSSR count). The first-order valence-corrected chi connectivity index (χ1v) is 10.7. The van der Waals surface area contributed by atoms with E-state index in [-0.39, 0.29) is 12.1 Å². The molecule has 1 unspecified atom stereocenters. The van der Waals surface area contributed by atoms with Crippen LogP contribution < -0.4 is 4.74 Å². The average Bonchev–Trinajstić information content (AvgIpc) is 2.75. The molecule has 1 atom stereocenters. The van der Waals surface area contributed by atoms with Gasteiger partial charge in [0.15, 0.2) is 0 Å². The minimum Gasteiger partial charge on any atom is -0.459 e. The molecule has 1 fully saturated rings. The number of piperidine rings is 1. The Hall–Kier alpha value is -2.77. The zero-order valence-electron chi connectivity index (χ0n) is 15.3. The highest BCUT2D eigenvalue weighted by atomic mass is 32.2. The maximum atomic E-state index is 13.1. The molecule has 0 bridgehead atoms. The van der Waals surface area contributed by atoms with Crippen LogP contribution in [0.1, 0.15) is 12.8 Å². The van der Waals surface area contributed by atoms with E-state index in [0.29, 0.717) is 18.0 Å². The molecule has 0 N–H and O–H groups in total. The summed E-state index contributed by atoms with van der Waals surface area (Å²) in [7, 11) is -3.57. The van der Waals surface area contributed by atoms with Crippen molar-refractivity contribution >= 4 is 10.0 Å². The molecule has 0 aliphatic carbocycles. The monoisotopic (exact) mass is 395 g/mol. The van der Waals surface area contributed by atoms with E-state index >= 15 is 0 Å². The van der Waals surface area contributed by atoms with Gasteiger partial charge in [-0.05, 0) is 42.2 Å². The first kappa shape index (κ1) is 18.6. The predicted octanol–water partition coefficient (Wildman–Crippen LogP) is 3.38. The topological polar surface area (TPSA) is 72.4 Å². The third-order valence-corrected chi connectivity index (χ3v) is 6.63. The lowest BCUT2D eigenvalue weighted by Crippen LogP contribution is -2.44. The van der Waals surface area contributed by atoms with Crippen LogP contribution in [0.2, 0.25) is 0 Å². The first-order chi connectivity index (χ1) is 13.6. The van der Waals surface area contributed by atoms with E-state index in [0.717, 1.165) is 24.0 Å². The first-order valence-electron chi connectivity index (χ1n) is 9.22. The molecule has 2 heterocycles. The lowest BCUT2D eigenvalue weighted by Gasteiger charge is -2.31. The Morgan fingerprint density at radius 3 is 2.29 bits per heavy atom. The lowest BCUT2D eigenvalue weighted by molar-refractivity contribution is 0.119. The molecule has 0 spiro atoms. The standard InChI is InChI=1S/C21H21N3O3S/c25-28(26,20-11-9-18(10-12-20)17-6-2-1-3-7-17)24-15-4-8-19(16-24)27-21-22-13-5-14-23-21/h1-3,5-7,9-14,19H,4,8,15-16H2. The highest BCUT2D eigenvalue weighted by Crippen LogP contribution is 2.25. The minimum absolute atomic E-state index is 0.255. The van der Waals surface area contributed by atoms with E-state index in [9.17, 15) is 8.42 Å². The van der Waals surface area contributed by atoms with E-state index in [1.807, 2.05) is 42.5 Å². The highest BCUT2D eigenvalue weighted by molar-refractivity contribution is 7.89. The van der Waals surface area contributed by atoms with Gasteiger partial charge in [0, 0.05) is 18.9 Å². The Labute approximate surface area is 164 Å². The van der Waals surface area contributed by atoms with Crippen LogP contribution in [0.3, 0.4) is 0 Å². The maximum Gasteiger partial charge on any atom is 0.316 e. The minimum atomic E-state index is -3.57. The summed E-state index contributed by atoms with van der Waals surface area (Å²) in [5, 5.41) is 0. The Morgan fingerprint density at radius 1 is 0.893 bits per heavy atom. The van der Waals surface area contributed by atoms with Crippen LogP contribution in [-0.2, 0) is 10.0 Å². The molecule has 0 radical (unpaired) electrons. The second kappa shape index (κ2) is 8.08. The van der Waals surface area contributed by atoms with Crippen LogP contribution in [0.5, 0.6) is 6.01 Å². The number of benzene rings is 2. The van der Waals surface area contributed by atoms with Crippen LogP contribution in [-0.4, -0.2) is 41.9 Å². The summed E-state index contributed by atoms with van der Waals surface area (Å²) in [4.78, 5) is 8.41.